The molecule has 0 saturated carbocycles. The van der Waals surface area contributed by atoms with Gasteiger partial charge in [-0.1, -0.05) is 17.8 Å². The van der Waals surface area contributed by atoms with E-state index in [1.165, 1.54) is 0 Å². The van der Waals surface area contributed by atoms with Crippen molar-refractivity contribution in [3.8, 4) is 0 Å². The molecule has 3 heterocycles. The van der Waals surface area contributed by atoms with Gasteiger partial charge in [-0.05, 0) is 12.1 Å². The fourth-order valence-electron chi connectivity index (χ4n) is 2.74. The molecule has 1 aliphatic heterocycles. The number of thioether (sulfide) groups is 1. The van der Waals surface area contributed by atoms with Crippen LogP contribution in [0.5, 0.6) is 0 Å². The number of hydrogen-bond acceptors (Lipinski definition) is 5. The van der Waals surface area contributed by atoms with Gasteiger partial charge in [-0.3, -0.25) is 14.6 Å². The quantitative estimate of drug-likeness (QED) is 0.591. The Hall–Kier alpha value is -2.35. The maximum atomic E-state index is 12.3. The number of amides is 2. The number of carbonyl (C=O) groups excluding carboxylic acids is 2. The topological polar surface area (TPSA) is 80.1 Å². The number of rotatable bonds is 7. The Bertz CT molecular complexity index is 734. The molecule has 3 rings (SSSR count). The van der Waals surface area contributed by atoms with E-state index in [0.717, 1.165) is 16.6 Å². The number of likely N-dealkylation sites (tertiary alicyclic amines) is 1. The fraction of sp³-hybridized carbons (Fsp3) is 0.412. The first-order valence-corrected chi connectivity index (χ1v) is 9.17. The standard InChI is InChI=1S/C17H21N5O2S/c1-21-8-6-20-17(21)25-9-7-19-16(24)13-10-15(23)22(11-13)12-14-4-2-3-5-18-14/h2-6,8,13H,7,9-12H2,1H3,(H,19,24). The molecule has 1 atom stereocenters. The molecule has 1 N–H and O–H groups in total. The summed E-state index contributed by atoms with van der Waals surface area (Å²) in [5.41, 5.74) is 0.836. The molecule has 0 spiro atoms. The third-order valence-electron chi connectivity index (χ3n) is 4.07. The van der Waals surface area contributed by atoms with Gasteiger partial charge >= 0.3 is 0 Å². The number of hydrogen-bond donors (Lipinski definition) is 1. The molecule has 0 bridgehead atoms. The first-order valence-electron chi connectivity index (χ1n) is 8.19. The molecule has 0 aromatic carbocycles. The second-order valence-corrected chi connectivity index (χ2v) is 7.02. The second kappa shape index (κ2) is 8.15. The van der Waals surface area contributed by atoms with Gasteiger partial charge in [0, 0.05) is 50.9 Å². The normalized spacial score (nSPS) is 17.1. The number of pyridine rings is 1. The van der Waals surface area contributed by atoms with Crippen molar-refractivity contribution in [3.63, 3.8) is 0 Å². The van der Waals surface area contributed by atoms with Gasteiger partial charge in [0.1, 0.15) is 0 Å². The van der Waals surface area contributed by atoms with Crippen LogP contribution in [0.3, 0.4) is 0 Å². The van der Waals surface area contributed by atoms with Crippen LogP contribution in [0, 0.1) is 5.92 Å². The molecule has 1 aliphatic rings. The van der Waals surface area contributed by atoms with Crippen molar-refractivity contribution < 1.29 is 9.59 Å². The Kier molecular flexibility index (Phi) is 5.70. The summed E-state index contributed by atoms with van der Waals surface area (Å²) in [6, 6.07) is 5.62. The minimum Gasteiger partial charge on any atom is -0.355 e. The van der Waals surface area contributed by atoms with Gasteiger partial charge < -0.3 is 14.8 Å². The molecule has 25 heavy (non-hydrogen) atoms. The monoisotopic (exact) mass is 359 g/mol. The summed E-state index contributed by atoms with van der Waals surface area (Å²) < 4.78 is 1.94. The number of nitrogens with zero attached hydrogens (tertiary/aromatic N) is 4. The molecular weight excluding hydrogens is 338 g/mol. The smallest absolute Gasteiger partial charge is 0.225 e. The lowest BCUT2D eigenvalue weighted by molar-refractivity contribution is -0.129. The summed E-state index contributed by atoms with van der Waals surface area (Å²) in [4.78, 5) is 34.6. The molecule has 1 unspecified atom stereocenters. The van der Waals surface area contributed by atoms with Crippen LogP contribution in [0.2, 0.25) is 0 Å². The van der Waals surface area contributed by atoms with Crippen molar-refractivity contribution in [2.24, 2.45) is 13.0 Å². The number of imidazole rings is 1. The van der Waals surface area contributed by atoms with Crippen LogP contribution in [0.4, 0.5) is 0 Å². The number of aryl methyl sites for hydroxylation is 1. The van der Waals surface area contributed by atoms with Crippen molar-refractivity contribution in [3.05, 3.63) is 42.5 Å². The number of nitrogens with one attached hydrogen (secondary N) is 1. The van der Waals surface area contributed by atoms with Gasteiger partial charge in [0.2, 0.25) is 11.8 Å². The first kappa shape index (κ1) is 17.5. The summed E-state index contributed by atoms with van der Waals surface area (Å²) >= 11 is 1.59. The van der Waals surface area contributed by atoms with Crippen LogP contribution in [0.25, 0.3) is 0 Å². The summed E-state index contributed by atoms with van der Waals surface area (Å²) in [5, 5.41) is 3.84. The van der Waals surface area contributed by atoms with Crippen molar-refractivity contribution in [2.75, 3.05) is 18.8 Å². The molecular formula is C17H21N5O2S. The highest BCUT2D eigenvalue weighted by atomic mass is 32.2. The van der Waals surface area contributed by atoms with E-state index in [1.54, 1.807) is 29.1 Å². The van der Waals surface area contributed by atoms with Crippen molar-refractivity contribution >= 4 is 23.6 Å². The number of carbonyl (C=O) groups is 2. The average Bonchev–Trinajstić information content (AvgIpc) is 3.18. The maximum absolute atomic E-state index is 12.3. The van der Waals surface area contributed by atoms with Crippen LogP contribution in [-0.4, -0.2) is 50.1 Å². The van der Waals surface area contributed by atoms with Crippen LogP contribution >= 0.6 is 11.8 Å². The van der Waals surface area contributed by atoms with Crippen LogP contribution in [0.15, 0.2) is 41.9 Å². The molecule has 8 heteroatoms. The van der Waals surface area contributed by atoms with E-state index in [1.807, 2.05) is 36.0 Å². The first-order chi connectivity index (χ1) is 12.1. The fourth-order valence-corrected chi connectivity index (χ4v) is 3.53. The van der Waals surface area contributed by atoms with Gasteiger partial charge in [-0.15, -0.1) is 0 Å². The van der Waals surface area contributed by atoms with Crippen LogP contribution in [-0.2, 0) is 23.2 Å². The van der Waals surface area contributed by atoms with E-state index in [-0.39, 0.29) is 24.2 Å². The summed E-state index contributed by atoms with van der Waals surface area (Å²) in [6.07, 6.45) is 5.62. The van der Waals surface area contributed by atoms with E-state index in [9.17, 15) is 9.59 Å². The predicted molar refractivity (Wildman–Crippen MR) is 94.7 cm³/mol. The van der Waals surface area contributed by atoms with Crippen LogP contribution in [0.1, 0.15) is 12.1 Å². The molecule has 0 radical (unpaired) electrons. The summed E-state index contributed by atoms with van der Waals surface area (Å²) in [7, 11) is 1.94. The van der Waals surface area contributed by atoms with Crippen molar-refractivity contribution in [2.45, 2.75) is 18.1 Å². The Morgan fingerprint density at radius 3 is 2.96 bits per heavy atom. The predicted octanol–water partition coefficient (Wildman–Crippen LogP) is 1.07. The highest BCUT2D eigenvalue weighted by Crippen LogP contribution is 2.20. The largest absolute Gasteiger partial charge is 0.355 e. The Labute approximate surface area is 150 Å². The zero-order chi connectivity index (χ0) is 17.6. The molecule has 2 aromatic heterocycles. The summed E-state index contributed by atoms with van der Waals surface area (Å²) in [5.74, 6) is 0.411. The lowest BCUT2D eigenvalue weighted by Gasteiger charge is -2.16. The van der Waals surface area contributed by atoms with E-state index < -0.39 is 0 Å². The minimum absolute atomic E-state index is 0.00758. The Morgan fingerprint density at radius 1 is 1.36 bits per heavy atom. The maximum Gasteiger partial charge on any atom is 0.225 e. The van der Waals surface area contributed by atoms with Crippen LogP contribution < -0.4 is 5.32 Å². The summed E-state index contributed by atoms with van der Waals surface area (Å²) in [6.45, 7) is 1.47. The molecule has 132 valence electrons. The zero-order valence-electron chi connectivity index (χ0n) is 14.1. The molecule has 2 amide bonds. The zero-order valence-corrected chi connectivity index (χ0v) is 14.9. The van der Waals surface area contributed by atoms with Gasteiger partial charge in [0.15, 0.2) is 5.16 Å². The lowest BCUT2D eigenvalue weighted by atomic mass is 10.1. The van der Waals surface area contributed by atoms with E-state index in [0.29, 0.717) is 19.6 Å². The molecule has 1 fully saturated rings. The third kappa shape index (κ3) is 4.60. The van der Waals surface area contributed by atoms with Crippen molar-refractivity contribution in [1.82, 2.24) is 24.8 Å². The van der Waals surface area contributed by atoms with Gasteiger partial charge in [-0.25, -0.2) is 4.98 Å². The van der Waals surface area contributed by atoms with Gasteiger partial charge in [0.25, 0.3) is 0 Å². The molecule has 0 aliphatic carbocycles. The molecule has 2 aromatic rings. The number of aromatic nitrogens is 3. The Balaban J connectivity index is 1.42. The van der Waals surface area contributed by atoms with Gasteiger partial charge in [0.05, 0.1) is 18.2 Å². The van der Waals surface area contributed by atoms with Crippen molar-refractivity contribution in [1.29, 1.82) is 0 Å². The highest BCUT2D eigenvalue weighted by Gasteiger charge is 2.34. The third-order valence-corrected chi connectivity index (χ3v) is 5.13. The Morgan fingerprint density at radius 2 is 2.24 bits per heavy atom. The minimum atomic E-state index is -0.283. The second-order valence-electron chi connectivity index (χ2n) is 5.96. The van der Waals surface area contributed by atoms with E-state index in [2.05, 4.69) is 15.3 Å². The van der Waals surface area contributed by atoms with E-state index in [4.69, 9.17) is 0 Å². The average molecular weight is 359 g/mol. The lowest BCUT2D eigenvalue weighted by Crippen LogP contribution is -2.34. The molecule has 7 nitrogen and oxygen atoms in total. The SMILES string of the molecule is Cn1ccnc1SCCNC(=O)C1CC(=O)N(Cc2ccccn2)C1. The highest BCUT2D eigenvalue weighted by molar-refractivity contribution is 7.99. The molecule has 1 saturated heterocycles. The van der Waals surface area contributed by atoms with Gasteiger partial charge in [-0.2, -0.15) is 0 Å². The van der Waals surface area contributed by atoms with E-state index >= 15 is 0 Å².